The van der Waals surface area contributed by atoms with Crippen molar-refractivity contribution in [1.29, 1.82) is 0 Å². The number of halogens is 2. The summed E-state index contributed by atoms with van der Waals surface area (Å²) in [5.41, 5.74) is 3.11. The van der Waals surface area contributed by atoms with Gasteiger partial charge in [0.25, 0.3) is 0 Å². The Hall–Kier alpha value is -0.540. The first-order valence-electron chi connectivity index (χ1n) is 4.87. The van der Waals surface area contributed by atoms with Gasteiger partial charge >= 0.3 is 0 Å². The van der Waals surface area contributed by atoms with E-state index >= 15 is 0 Å². The molecule has 0 saturated heterocycles. The molecule has 0 fully saturated rings. The van der Waals surface area contributed by atoms with Gasteiger partial charge in [-0.25, -0.2) is 4.98 Å². The lowest BCUT2D eigenvalue weighted by Crippen LogP contribution is -1.96. The third kappa shape index (κ3) is 1.79. The van der Waals surface area contributed by atoms with E-state index in [0.29, 0.717) is 11.8 Å². The molecule has 0 unspecified atom stereocenters. The van der Waals surface area contributed by atoms with Crippen molar-refractivity contribution in [3.63, 3.8) is 0 Å². The second kappa shape index (κ2) is 4.14. The lowest BCUT2D eigenvalue weighted by molar-refractivity contribution is 0.817. The number of rotatable bonds is 2. The predicted molar refractivity (Wildman–Crippen MR) is 66.5 cm³/mol. The monoisotopic (exact) mass is 286 g/mol. The smallest absolute Gasteiger partial charge is 0.138 e. The summed E-state index contributed by atoms with van der Waals surface area (Å²) in [7, 11) is 0. The summed E-state index contributed by atoms with van der Waals surface area (Å²) in [4.78, 5) is 4.59. The second-order valence-electron chi connectivity index (χ2n) is 3.77. The van der Waals surface area contributed by atoms with Crippen LogP contribution in [0.15, 0.2) is 22.8 Å². The Labute approximate surface area is 102 Å². The molecule has 0 N–H and O–H groups in total. The van der Waals surface area contributed by atoms with E-state index in [1.165, 1.54) is 0 Å². The summed E-state index contributed by atoms with van der Waals surface area (Å²) >= 11 is 9.50. The van der Waals surface area contributed by atoms with E-state index in [-0.39, 0.29) is 0 Å². The molecular formula is C11H12BrClN2. The maximum absolute atomic E-state index is 5.99. The molecule has 2 nitrogen and oxygen atoms in total. The van der Waals surface area contributed by atoms with Crippen LogP contribution < -0.4 is 0 Å². The van der Waals surface area contributed by atoms with E-state index in [2.05, 4.69) is 39.2 Å². The third-order valence-corrected chi connectivity index (χ3v) is 3.27. The van der Waals surface area contributed by atoms with E-state index in [9.17, 15) is 0 Å². The normalized spacial score (nSPS) is 11.5. The minimum Gasteiger partial charge on any atom is -0.289 e. The molecule has 0 saturated carbocycles. The first kappa shape index (κ1) is 11.0. The molecule has 0 aliphatic heterocycles. The van der Waals surface area contributed by atoms with Gasteiger partial charge in [-0.15, -0.1) is 11.6 Å². The minimum atomic E-state index is 0.394. The molecule has 15 heavy (non-hydrogen) atoms. The van der Waals surface area contributed by atoms with Crippen LogP contribution in [0.5, 0.6) is 0 Å². The molecule has 2 rings (SSSR count). The van der Waals surface area contributed by atoms with Crippen LogP contribution in [-0.4, -0.2) is 9.38 Å². The lowest BCUT2D eigenvalue weighted by atomic mass is 10.1. The van der Waals surface area contributed by atoms with Gasteiger partial charge in [0.15, 0.2) is 0 Å². The number of nitrogens with zero attached hydrogens (tertiary/aromatic N) is 2. The van der Waals surface area contributed by atoms with E-state index in [1.54, 1.807) is 0 Å². The van der Waals surface area contributed by atoms with Crippen molar-refractivity contribution >= 4 is 33.2 Å². The van der Waals surface area contributed by atoms with Crippen LogP contribution in [0.2, 0.25) is 0 Å². The van der Waals surface area contributed by atoms with E-state index in [4.69, 9.17) is 11.6 Å². The van der Waals surface area contributed by atoms with E-state index in [0.717, 1.165) is 21.6 Å². The highest BCUT2D eigenvalue weighted by Crippen LogP contribution is 2.25. The summed E-state index contributed by atoms with van der Waals surface area (Å²) in [6.45, 7) is 4.26. The Morgan fingerprint density at radius 3 is 2.80 bits per heavy atom. The van der Waals surface area contributed by atoms with Gasteiger partial charge in [0.1, 0.15) is 5.65 Å². The SMILES string of the molecule is CC(C)c1nc2cccc(Br)n2c1CCl. The first-order chi connectivity index (χ1) is 7.15. The zero-order valence-corrected chi connectivity index (χ0v) is 11.0. The number of pyridine rings is 1. The summed E-state index contributed by atoms with van der Waals surface area (Å²) in [5, 5.41) is 0. The van der Waals surface area contributed by atoms with Gasteiger partial charge in [0.05, 0.1) is 21.9 Å². The summed E-state index contributed by atoms with van der Waals surface area (Å²) in [6.07, 6.45) is 0. The maximum atomic E-state index is 5.99. The Bertz CT molecular complexity index is 491. The van der Waals surface area contributed by atoms with Gasteiger partial charge in [0.2, 0.25) is 0 Å². The van der Waals surface area contributed by atoms with E-state index < -0.39 is 0 Å². The Morgan fingerprint density at radius 2 is 2.20 bits per heavy atom. The van der Waals surface area contributed by atoms with Crippen LogP contribution in [0.1, 0.15) is 31.2 Å². The van der Waals surface area contributed by atoms with Gasteiger partial charge in [-0.2, -0.15) is 0 Å². The molecule has 80 valence electrons. The quantitative estimate of drug-likeness (QED) is 0.604. The number of aromatic nitrogens is 2. The molecule has 0 spiro atoms. The molecule has 2 aromatic rings. The first-order valence-corrected chi connectivity index (χ1v) is 6.19. The molecule has 2 heterocycles. The molecule has 0 radical (unpaired) electrons. The maximum Gasteiger partial charge on any atom is 0.138 e. The van der Waals surface area contributed by atoms with E-state index in [1.807, 2.05) is 18.2 Å². The molecule has 4 heteroatoms. The Morgan fingerprint density at radius 1 is 1.47 bits per heavy atom. The summed E-state index contributed by atoms with van der Waals surface area (Å²) < 4.78 is 3.05. The van der Waals surface area contributed by atoms with Gasteiger partial charge in [-0.05, 0) is 34.0 Å². The highest BCUT2D eigenvalue weighted by molar-refractivity contribution is 9.10. The average molecular weight is 288 g/mol. The number of fused-ring (bicyclic) bond motifs is 1. The predicted octanol–water partition coefficient (Wildman–Crippen LogP) is 3.96. The number of imidazole rings is 1. The van der Waals surface area contributed by atoms with Crippen molar-refractivity contribution in [2.45, 2.75) is 25.6 Å². The number of alkyl halides is 1. The fourth-order valence-corrected chi connectivity index (χ4v) is 2.52. The highest BCUT2D eigenvalue weighted by atomic mass is 79.9. The van der Waals surface area contributed by atoms with Gasteiger partial charge in [0, 0.05) is 0 Å². The molecule has 2 aromatic heterocycles. The largest absolute Gasteiger partial charge is 0.289 e. The molecule has 0 aliphatic carbocycles. The van der Waals surface area contributed by atoms with Gasteiger partial charge < -0.3 is 0 Å². The van der Waals surface area contributed by atoms with Crippen molar-refractivity contribution < 1.29 is 0 Å². The summed E-state index contributed by atoms with van der Waals surface area (Å²) in [5.74, 6) is 0.877. The van der Waals surface area contributed by atoms with Crippen LogP contribution >= 0.6 is 27.5 Å². The van der Waals surface area contributed by atoms with Crippen molar-refractivity contribution in [3.05, 3.63) is 34.2 Å². The van der Waals surface area contributed by atoms with Crippen LogP contribution in [0.4, 0.5) is 0 Å². The van der Waals surface area contributed by atoms with Crippen molar-refractivity contribution in [2.24, 2.45) is 0 Å². The standard InChI is InChI=1S/C11H12BrClN2/c1-7(2)11-8(6-13)15-9(12)4-3-5-10(15)14-11/h3-5,7H,6H2,1-2H3. The lowest BCUT2D eigenvalue weighted by Gasteiger charge is -2.04. The molecule has 0 aliphatic rings. The van der Waals surface area contributed by atoms with Gasteiger partial charge in [-0.1, -0.05) is 19.9 Å². The number of hydrogen-bond acceptors (Lipinski definition) is 1. The van der Waals surface area contributed by atoms with Crippen LogP contribution in [0.25, 0.3) is 5.65 Å². The number of hydrogen-bond donors (Lipinski definition) is 0. The Kier molecular flexibility index (Phi) is 3.03. The summed E-state index contributed by atoms with van der Waals surface area (Å²) in [6, 6.07) is 5.97. The third-order valence-electron chi connectivity index (χ3n) is 2.40. The highest BCUT2D eigenvalue weighted by Gasteiger charge is 2.15. The van der Waals surface area contributed by atoms with Crippen LogP contribution in [-0.2, 0) is 5.88 Å². The van der Waals surface area contributed by atoms with Crippen molar-refractivity contribution in [1.82, 2.24) is 9.38 Å². The molecule has 0 aromatic carbocycles. The topological polar surface area (TPSA) is 17.3 Å². The second-order valence-corrected chi connectivity index (χ2v) is 4.85. The average Bonchev–Trinajstić information content (AvgIpc) is 2.57. The fraction of sp³-hybridized carbons (Fsp3) is 0.364. The van der Waals surface area contributed by atoms with Crippen LogP contribution in [0, 0.1) is 0 Å². The molecule has 0 amide bonds. The zero-order valence-electron chi connectivity index (χ0n) is 8.67. The van der Waals surface area contributed by atoms with Gasteiger partial charge in [-0.3, -0.25) is 4.40 Å². The van der Waals surface area contributed by atoms with Crippen molar-refractivity contribution in [2.75, 3.05) is 0 Å². The molecular weight excluding hydrogens is 275 g/mol. The van der Waals surface area contributed by atoms with Crippen LogP contribution in [0.3, 0.4) is 0 Å². The zero-order chi connectivity index (χ0) is 11.0. The fourth-order valence-electron chi connectivity index (χ4n) is 1.72. The Balaban J connectivity index is 2.80. The van der Waals surface area contributed by atoms with Crippen molar-refractivity contribution in [3.8, 4) is 0 Å². The molecule has 0 atom stereocenters. The molecule has 0 bridgehead atoms. The minimum absolute atomic E-state index is 0.394.